The summed E-state index contributed by atoms with van der Waals surface area (Å²) in [4.78, 5) is 39.0. The van der Waals surface area contributed by atoms with Crippen molar-refractivity contribution in [3.63, 3.8) is 0 Å². The lowest BCUT2D eigenvalue weighted by atomic mass is 10.1. The van der Waals surface area contributed by atoms with Gasteiger partial charge in [-0.3, -0.25) is 19.7 Å². The minimum Gasteiger partial charge on any atom is -0.493 e. The van der Waals surface area contributed by atoms with Crippen LogP contribution in [0.5, 0.6) is 5.75 Å². The maximum Gasteiger partial charge on any atom is 0.308 e. The molecule has 2 aliphatic rings. The van der Waals surface area contributed by atoms with E-state index < -0.39 is 17.9 Å². The van der Waals surface area contributed by atoms with Crippen LogP contribution in [0.4, 0.5) is 0 Å². The molecule has 0 aliphatic carbocycles. The highest BCUT2D eigenvalue weighted by atomic mass is 32.1. The maximum atomic E-state index is 12.7. The zero-order chi connectivity index (χ0) is 22.2. The molecule has 2 amide bonds. The van der Waals surface area contributed by atoms with Crippen molar-refractivity contribution in [2.24, 2.45) is 0 Å². The smallest absolute Gasteiger partial charge is 0.308 e. The number of amides is 2. The summed E-state index contributed by atoms with van der Waals surface area (Å²) in [5.74, 6) is -0.860. The third-order valence-corrected chi connectivity index (χ3v) is 5.39. The van der Waals surface area contributed by atoms with Crippen molar-refractivity contribution in [2.75, 3.05) is 32.9 Å². The van der Waals surface area contributed by atoms with Crippen molar-refractivity contribution in [3.05, 3.63) is 29.8 Å². The lowest BCUT2D eigenvalue weighted by molar-refractivity contribution is -0.150. The molecule has 2 atom stereocenters. The number of hydrogen-bond acceptors (Lipinski definition) is 7. The van der Waals surface area contributed by atoms with Gasteiger partial charge in [0.1, 0.15) is 18.4 Å². The average molecular weight is 450 g/mol. The molecule has 0 spiro atoms. The van der Waals surface area contributed by atoms with Crippen molar-refractivity contribution in [3.8, 4) is 5.75 Å². The summed E-state index contributed by atoms with van der Waals surface area (Å²) in [6, 6.07) is 5.96. The number of thiocarbonyl (C=S) groups is 1. The van der Waals surface area contributed by atoms with E-state index in [2.05, 4.69) is 10.6 Å². The van der Waals surface area contributed by atoms with Gasteiger partial charge in [-0.2, -0.15) is 0 Å². The first-order chi connectivity index (χ1) is 15.0. The van der Waals surface area contributed by atoms with E-state index in [-0.39, 0.29) is 30.2 Å². The molecule has 2 fully saturated rings. The number of carbonyl (C=O) groups is 3. The van der Waals surface area contributed by atoms with Gasteiger partial charge < -0.3 is 24.4 Å². The Morgan fingerprint density at radius 2 is 2.16 bits per heavy atom. The van der Waals surface area contributed by atoms with Crippen molar-refractivity contribution in [2.45, 2.75) is 38.3 Å². The first-order valence-corrected chi connectivity index (χ1v) is 10.8. The minimum absolute atomic E-state index is 0.0723. The highest BCUT2D eigenvalue weighted by molar-refractivity contribution is 7.80. The van der Waals surface area contributed by atoms with Crippen LogP contribution in [-0.4, -0.2) is 72.9 Å². The van der Waals surface area contributed by atoms with Gasteiger partial charge in [0.25, 0.3) is 5.91 Å². The van der Waals surface area contributed by atoms with Crippen LogP contribution in [0.1, 0.15) is 36.5 Å². The van der Waals surface area contributed by atoms with Gasteiger partial charge in [0.2, 0.25) is 5.91 Å². The number of hydrogen-bond donors (Lipinski definition) is 2. The van der Waals surface area contributed by atoms with Crippen LogP contribution < -0.4 is 15.4 Å². The van der Waals surface area contributed by atoms with Crippen LogP contribution in [0.25, 0.3) is 0 Å². The van der Waals surface area contributed by atoms with Gasteiger partial charge in [0, 0.05) is 19.7 Å². The highest BCUT2D eigenvalue weighted by Crippen LogP contribution is 2.19. The molecule has 0 aromatic heterocycles. The van der Waals surface area contributed by atoms with Gasteiger partial charge in [-0.05, 0) is 44.1 Å². The molecular formula is C21H27N3O6S. The molecule has 2 N–H and O–H groups in total. The molecular weight excluding hydrogens is 422 g/mol. The summed E-state index contributed by atoms with van der Waals surface area (Å²) in [6.45, 7) is 3.79. The van der Waals surface area contributed by atoms with E-state index in [1.54, 1.807) is 29.2 Å². The van der Waals surface area contributed by atoms with E-state index in [1.807, 2.05) is 6.92 Å². The fraction of sp³-hybridized carbons (Fsp3) is 0.524. The molecule has 0 bridgehead atoms. The number of esters is 1. The van der Waals surface area contributed by atoms with E-state index in [4.69, 9.17) is 26.4 Å². The number of nitrogens with zero attached hydrogens (tertiary/aromatic N) is 1. The fourth-order valence-electron chi connectivity index (χ4n) is 3.51. The van der Waals surface area contributed by atoms with Crippen LogP contribution in [0, 0.1) is 0 Å². The Balaban J connectivity index is 1.61. The summed E-state index contributed by atoms with van der Waals surface area (Å²) < 4.78 is 16.2. The molecule has 2 heterocycles. The number of ether oxygens (including phenoxy) is 3. The summed E-state index contributed by atoms with van der Waals surface area (Å²) in [5.41, 5.74) is 0.334. The molecule has 3 rings (SSSR count). The Kier molecular flexibility index (Phi) is 8.19. The summed E-state index contributed by atoms with van der Waals surface area (Å²) in [5, 5.41) is 5.45. The summed E-state index contributed by atoms with van der Waals surface area (Å²) >= 11 is 5.39. The van der Waals surface area contributed by atoms with Crippen LogP contribution in [0.15, 0.2) is 24.3 Å². The lowest BCUT2D eigenvalue weighted by Crippen LogP contribution is -2.60. The van der Waals surface area contributed by atoms with E-state index in [0.717, 1.165) is 12.8 Å². The van der Waals surface area contributed by atoms with Crippen LogP contribution in [0.2, 0.25) is 0 Å². The van der Waals surface area contributed by atoms with Gasteiger partial charge in [0.05, 0.1) is 24.7 Å². The van der Waals surface area contributed by atoms with E-state index in [9.17, 15) is 14.4 Å². The monoisotopic (exact) mass is 449 g/mol. The second kappa shape index (κ2) is 11.1. The molecule has 1 aromatic carbocycles. The summed E-state index contributed by atoms with van der Waals surface area (Å²) in [7, 11) is 0. The SMILES string of the molecule is CCOc1ccccc1C(=O)NC(=S)N1CCNC(=O)C1CC(=O)OCC1CCCO1. The van der Waals surface area contributed by atoms with Gasteiger partial charge >= 0.3 is 5.97 Å². The van der Waals surface area contributed by atoms with Crippen LogP contribution in [0.3, 0.4) is 0 Å². The quantitative estimate of drug-likeness (QED) is 0.469. The van der Waals surface area contributed by atoms with E-state index in [1.165, 1.54) is 0 Å². The topological polar surface area (TPSA) is 106 Å². The van der Waals surface area contributed by atoms with Crippen LogP contribution >= 0.6 is 12.2 Å². The number of piperazine rings is 1. The molecule has 0 radical (unpaired) electrons. The standard InChI is InChI=1S/C21H27N3O6S/c1-2-28-17-8-4-3-7-15(17)19(26)23-21(31)24-10-9-22-20(27)16(24)12-18(25)30-13-14-6-5-11-29-14/h3-4,7-8,14,16H,2,5-6,9-13H2,1H3,(H,22,27)(H,23,26,31). The van der Waals surface area contributed by atoms with E-state index in [0.29, 0.717) is 37.6 Å². The number of para-hydroxylation sites is 1. The Morgan fingerprint density at radius 1 is 1.35 bits per heavy atom. The number of rotatable bonds is 7. The second-order valence-electron chi connectivity index (χ2n) is 7.21. The van der Waals surface area contributed by atoms with Gasteiger partial charge in [-0.1, -0.05) is 12.1 Å². The predicted octanol–water partition coefficient (Wildman–Crippen LogP) is 1.01. The lowest BCUT2D eigenvalue weighted by Gasteiger charge is -2.36. The maximum absolute atomic E-state index is 12.7. The van der Waals surface area contributed by atoms with E-state index >= 15 is 0 Å². The number of nitrogens with one attached hydrogen (secondary N) is 2. The predicted molar refractivity (Wildman–Crippen MR) is 116 cm³/mol. The molecule has 2 unspecified atom stereocenters. The van der Waals surface area contributed by atoms with Crippen molar-refractivity contribution in [1.29, 1.82) is 0 Å². The van der Waals surface area contributed by atoms with Gasteiger partial charge in [-0.15, -0.1) is 0 Å². The number of benzene rings is 1. The zero-order valence-electron chi connectivity index (χ0n) is 17.4. The normalized spacial score (nSPS) is 20.7. The third kappa shape index (κ3) is 6.14. The Labute approximate surface area is 186 Å². The Bertz CT molecular complexity index is 827. The second-order valence-corrected chi connectivity index (χ2v) is 7.60. The van der Waals surface area contributed by atoms with Crippen molar-refractivity contribution >= 4 is 35.1 Å². The first kappa shape index (κ1) is 23.0. The molecule has 2 aliphatic heterocycles. The molecule has 10 heteroatoms. The van der Waals surface area contributed by atoms with Crippen molar-refractivity contribution < 1.29 is 28.6 Å². The highest BCUT2D eigenvalue weighted by Gasteiger charge is 2.34. The first-order valence-electron chi connectivity index (χ1n) is 10.4. The summed E-state index contributed by atoms with van der Waals surface area (Å²) in [6.07, 6.45) is 1.53. The fourth-order valence-corrected chi connectivity index (χ4v) is 3.82. The average Bonchev–Trinajstić information content (AvgIpc) is 3.28. The van der Waals surface area contributed by atoms with Crippen LogP contribution in [-0.2, 0) is 19.1 Å². The van der Waals surface area contributed by atoms with Gasteiger partial charge in [-0.25, -0.2) is 0 Å². The molecule has 2 saturated heterocycles. The minimum atomic E-state index is -0.860. The molecule has 0 saturated carbocycles. The zero-order valence-corrected chi connectivity index (χ0v) is 18.2. The third-order valence-electron chi connectivity index (χ3n) is 5.06. The molecule has 31 heavy (non-hydrogen) atoms. The van der Waals surface area contributed by atoms with Gasteiger partial charge in [0.15, 0.2) is 5.11 Å². The Hall–Kier alpha value is -2.72. The molecule has 168 valence electrons. The van der Waals surface area contributed by atoms with Crippen molar-refractivity contribution in [1.82, 2.24) is 15.5 Å². The molecule has 1 aromatic rings. The Morgan fingerprint density at radius 3 is 2.90 bits per heavy atom. The largest absolute Gasteiger partial charge is 0.493 e. The molecule has 9 nitrogen and oxygen atoms in total. The number of carbonyl (C=O) groups excluding carboxylic acids is 3.